The predicted molar refractivity (Wildman–Crippen MR) is 92.3 cm³/mol. The summed E-state index contributed by atoms with van der Waals surface area (Å²) in [6, 6.07) is 3.83. The smallest absolute Gasteiger partial charge is 0.309 e. The first kappa shape index (κ1) is 18.3. The molecule has 1 fully saturated rings. The van der Waals surface area contributed by atoms with E-state index in [1.807, 2.05) is 44.7 Å². The minimum Gasteiger partial charge on any atom is -0.494 e. The lowest BCUT2D eigenvalue weighted by atomic mass is 9.95. The lowest BCUT2D eigenvalue weighted by Crippen LogP contribution is -2.40. The van der Waals surface area contributed by atoms with Crippen LogP contribution in [0.1, 0.15) is 48.2 Å². The van der Waals surface area contributed by atoms with Gasteiger partial charge in [-0.25, -0.2) is 0 Å². The second-order valence-electron chi connectivity index (χ2n) is 6.18. The highest BCUT2D eigenvalue weighted by molar-refractivity contribution is 5.96. The third kappa shape index (κ3) is 4.08. The normalized spacial score (nSPS) is 15.2. The van der Waals surface area contributed by atoms with Crippen molar-refractivity contribution in [3.05, 3.63) is 28.8 Å². The van der Waals surface area contributed by atoms with Gasteiger partial charge in [0.25, 0.3) is 5.91 Å². The highest BCUT2D eigenvalue weighted by Crippen LogP contribution is 2.26. The second-order valence-corrected chi connectivity index (χ2v) is 6.18. The maximum Gasteiger partial charge on any atom is 0.309 e. The maximum absolute atomic E-state index is 12.8. The number of carbonyl (C=O) groups excluding carboxylic acids is 2. The summed E-state index contributed by atoms with van der Waals surface area (Å²) in [7, 11) is 0. The van der Waals surface area contributed by atoms with E-state index in [-0.39, 0.29) is 17.8 Å². The molecule has 0 spiro atoms. The Balaban J connectivity index is 2.05. The summed E-state index contributed by atoms with van der Waals surface area (Å²) >= 11 is 0. The molecule has 2 rings (SSSR count). The van der Waals surface area contributed by atoms with Gasteiger partial charge < -0.3 is 14.4 Å². The zero-order valence-electron chi connectivity index (χ0n) is 15.1. The van der Waals surface area contributed by atoms with Crippen molar-refractivity contribution in [2.75, 3.05) is 26.3 Å². The summed E-state index contributed by atoms with van der Waals surface area (Å²) in [5.74, 6) is 0.628. The van der Waals surface area contributed by atoms with Gasteiger partial charge in [-0.2, -0.15) is 0 Å². The molecule has 1 aromatic rings. The number of nitrogens with zero attached hydrogens (tertiary/aromatic N) is 1. The number of likely N-dealkylation sites (tertiary alicyclic amines) is 1. The lowest BCUT2D eigenvalue weighted by molar-refractivity contribution is -0.149. The monoisotopic (exact) mass is 333 g/mol. The van der Waals surface area contributed by atoms with E-state index in [4.69, 9.17) is 9.47 Å². The van der Waals surface area contributed by atoms with Crippen LogP contribution < -0.4 is 4.74 Å². The highest BCUT2D eigenvalue weighted by atomic mass is 16.5. The van der Waals surface area contributed by atoms with Crippen LogP contribution in [0.25, 0.3) is 0 Å². The first-order valence-corrected chi connectivity index (χ1v) is 8.67. The van der Waals surface area contributed by atoms with Crippen molar-refractivity contribution in [3.63, 3.8) is 0 Å². The van der Waals surface area contributed by atoms with Crippen LogP contribution in [0.4, 0.5) is 0 Å². The van der Waals surface area contributed by atoms with Gasteiger partial charge in [-0.3, -0.25) is 9.59 Å². The third-order valence-electron chi connectivity index (χ3n) is 4.45. The summed E-state index contributed by atoms with van der Waals surface area (Å²) < 4.78 is 10.7. The predicted octanol–water partition coefficient (Wildman–Crippen LogP) is 3.12. The van der Waals surface area contributed by atoms with E-state index in [1.54, 1.807) is 0 Å². The third-order valence-corrected chi connectivity index (χ3v) is 4.45. The summed E-state index contributed by atoms with van der Waals surface area (Å²) in [4.78, 5) is 26.4. The highest BCUT2D eigenvalue weighted by Gasteiger charge is 2.29. The van der Waals surface area contributed by atoms with E-state index in [1.165, 1.54) is 0 Å². The van der Waals surface area contributed by atoms with Gasteiger partial charge in [0, 0.05) is 18.7 Å². The SMILES string of the molecule is CCOC(=O)C1CCN(C(=O)c2cc(C)c(OCC)cc2C)CC1. The Morgan fingerprint density at radius 2 is 1.75 bits per heavy atom. The largest absolute Gasteiger partial charge is 0.494 e. The summed E-state index contributed by atoms with van der Waals surface area (Å²) in [5, 5.41) is 0. The molecule has 1 aromatic carbocycles. The molecule has 1 aliphatic rings. The zero-order chi connectivity index (χ0) is 17.7. The number of piperidine rings is 1. The molecule has 0 aromatic heterocycles. The number of ether oxygens (including phenoxy) is 2. The molecule has 0 N–H and O–H groups in total. The molecule has 24 heavy (non-hydrogen) atoms. The van der Waals surface area contributed by atoms with Gasteiger partial charge in [0.05, 0.1) is 19.1 Å². The van der Waals surface area contributed by atoms with Gasteiger partial charge in [0.1, 0.15) is 5.75 Å². The van der Waals surface area contributed by atoms with Crippen molar-refractivity contribution in [1.82, 2.24) is 4.90 Å². The quantitative estimate of drug-likeness (QED) is 0.777. The first-order chi connectivity index (χ1) is 11.5. The fourth-order valence-corrected chi connectivity index (χ4v) is 3.08. The molecule has 0 aliphatic carbocycles. The Morgan fingerprint density at radius 3 is 2.33 bits per heavy atom. The molecule has 0 unspecified atom stereocenters. The van der Waals surface area contributed by atoms with Crippen molar-refractivity contribution in [1.29, 1.82) is 0 Å². The molecule has 1 aliphatic heterocycles. The molecule has 1 heterocycles. The van der Waals surface area contributed by atoms with Gasteiger partial charge >= 0.3 is 5.97 Å². The maximum atomic E-state index is 12.8. The molecule has 1 saturated heterocycles. The molecular weight excluding hydrogens is 306 g/mol. The number of esters is 1. The molecule has 5 heteroatoms. The Morgan fingerprint density at radius 1 is 1.08 bits per heavy atom. The summed E-state index contributed by atoms with van der Waals surface area (Å²) in [6.07, 6.45) is 1.33. The van der Waals surface area contributed by atoms with Gasteiger partial charge in [0.2, 0.25) is 0 Å². The second kappa shape index (κ2) is 8.18. The van der Waals surface area contributed by atoms with E-state index in [0.29, 0.717) is 44.7 Å². The Bertz CT molecular complexity index is 604. The number of hydrogen-bond donors (Lipinski definition) is 0. The van der Waals surface area contributed by atoms with E-state index < -0.39 is 0 Å². The van der Waals surface area contributed by atoms with Crippen LogP contribution in [-0.4, -0.2) is 43.1 Å². The fourth-order valence-electron chi connectivity index (χ4n) is 3.08. The van der Waals surface area contributed by atoms with Crippen LogP contribution in [0.3, 0.4) is 0 Å². The molecule has 0 radical (unpaired) electrons. The summed E-state index contributed by atoms with van der Waals surface area (Å²) in [6.45, 7) is 9.84. The standard InChI is InChI=1S/C19H27NO4/c1-5-23-17-12-13(3)16(11-14(17)4)18(21)20-9-7-15(8-10-20)19(22)24-6-2/h11-12,15H,5-10H2,1-4H3. The van der Waals surface area contributed by atoms with E-state index in [0.717, 1.165) is 16.9 Å². The van der Waals surface area contributed by atoms with Crippen molar-refractivity contribution in [2.24, 2.45) is 5.92 Å². The number of hydrogen-bond acceptors (Lipinski definition) is 4. The Labute approximate surface area is 143 Å². The van der Waals surface area contributed by atoms with Crippen LogP contribution in [0.2, 0.25) is 0 Å². The average molecular weight is 333 g/mol. The van der Waals surface area contributed by atoms with Crippen molar-refractivity contribution in [2.45, 2.75) is 40.5 Å². The van der Waals surface area contributed by atoms with Gasteiger partial charge in [0.15, 0.2) is 0 Å². The van der Waals surface area contributed by atoms with Gasteiger partial charge in [-0.05, 0) is 63.8 Å². The molecule has 132 valence electrons. The minimum absolute atomic E-state index is 0.0287. The molecule has 0 bridgehead atoms. The number of amides is 1. The topological polar surface area (TPSA) is 55.8 Å². The number of aryl methyl sites for hydroxylation is 2. The lowest BCUT2D eigenvalue weighted by Gasteiger charge is -2.31. The number of rotatable bonds is 5. The average Bonchev–Trinajstić information content (AvgIpc) is 2.58. The molecule has 5 nitrogen and oxygen atoms in total. The van der Waals surface area contributed by atoms with Crippen LogP contribution in [0.15, 0.2) is 12.1 Å². The van der Waals surface area contributed by atoms with E-state index in [9.17, 15) is 9.59 Å². The van der Waals surface area contributed by atoms with E-state index >= 15 is 0 Å². The Hall–Kier alpha value is -2.04. The molecular formula is C19H27NO4. The van der Waals surface area contributed by atoms with Gasteiger partial charge in [-0.15, -0.1) is 0 Å². The van der Waals surface area contributed by atoms with Gasteiger partial charge in [-0.1, -0.05) is 0 Å². The molecule has 0 saturated carbocycles. The van der Waals surface area contributed by atoms with Crippen LogP contribution in [0.5, 0.6) is 5.75 Å². The van der Waals surface area contributed by atoms with Crippen molar-refractivity contribution >= 4 is 11.9 Å². The Kier molecular flexibility index (Phi) is 6.23. The van der Waals surface area contributed by atoms with Crippen molar-refractivity contribution in [3.8, 4) is 5.75 Å². The van der Waals surface area contributed by atoms with Crippen LogP contribution in [0, 0.1) is 19.8 Å². The van der Waals surface area contributed by atoms with E-state index in [2.05, 4.69) is 0 Å². The summed E-state index contributed by atoms with van der Waals surface area (Å²) in [5.41, 5.74) is 2.60. The number of carbonyl (C=O) groups is 2. The zero-order valence-corrected chi connectivity index (χ0v) is 15.1. The first-order valence-electron chi connectivity index (χ1n) is 8.67. The fraction of sp³-hybridized carbons (Fsp3) is 0.579. The minimum atomic E-state index is -0.141. The number of benzene rings is 1. The van der Waals surface area contributed by atoms with Crippen molar-refractivity contribution < 1.29 is 19.1 Å². The van der Waals surface area contributed by atoms with Crippen LogP contribution >= 0.6 is 0 Å². The molecule has 0 atom stereocenters. The molecule has 1 amide bonds. The van der Waals surface area contributed by atoms with Crippen LogP contribution in [-0.2, 0) is 9.53 Å².